The highest BCUT2D eigenvalue weighted by Gasteiger charge is 2.47. The lowest BCUT2D eigenvalue weighted by atomic mass is 10.3. The average molecular weight is 267 g/mol. The van der Waals surface area contributed by atoms with Gasteiger partial charge in [0.05, 0.1) is 0 Å². The molecule has 0 bridgehead atoms. The molecular weight excluding hydrogens is 251 g/mol. The summed E-state index contributed by atoms with van der Waals surface area (Å²) in [5.41, 5.74) is 0. The molecule has 2 aliphatic rings. The van der Waals surface area contributed by atoms with Gasteiger partial charge < -0.3 is 15.0 Å². The van der Waals surface area contributed by atoms with Crippen molar-refractivity contribution in [1.82, 2.24) is 15.5 Å². The van der Waals surface area contributed by atoms with Gasteiger partial charge in [-0.05, 0) is 13.0 Å². The van der Waals surface area contributed by atoms with Crippen LogP contribution in [0.5, 0.6) is 0 Å². The normalized spacial score (nSPS) is 30.3. The molecule has 0 saturated carbocycles. The van der Waals surface area contributed by atoms with Gasteiger partial charge in [0.25, 0.3) is 5.91 Å². The Kier molecular flexibility index (Phi) is 4.08. The molecule has 2 heterocycles. The van der Waals surface area contributed by atoms with Gasteiger partial charge in [-0.25, -0.2) is 0 Å². The molecule has 0 radical (unpaired) electrons. The zero-order valence-corrected chi connectivity index (χ0v) is 9.79. The molecule has 8 heteroatoms. The van der Waals surface area contributed by atoms with Crippen molar-refractivity contribution in [2.24, 2.45) is 0 Å². The smallest absolute Gasteiger partial charge is 0.339 e. The summed E-state index contributed by atoms with van der Waals surface area (Å²) >= 11 is 0. The topological polar surface area (TPSA) is 53.6 Å². The minimum atomic E-state index is -4.48. The number of rotatable bonds is 1. The van der Waals surface area contributed by atoms with Crippen LogP contribution in [0.2, 0.25) is 0 Å². The highest BCUT2D eigenvalue weighted by atomic mass is 19.4. The van der Waals surface area contributed by atoms with Gasteiger partial charge >= 0.3 is 6.18 Å². The molecule has 104 valence electrons. The minimum absolute atomic E-state index is 0.0903. The van der Waals surface area contributed by atoms with Crippen molar-refractivity contribution >= 4 is 5.91 Å². The van der Waals surface area contributed by atoms with Crippen LogP contribution >= 0.6 is 0 Å². The Morgan fingerprint density at radius 3 is 2.72 bits per heavy atom. The lowest BCUT2D eigenvalue weighted by Gasteiger charge is -2.23. The third-order valence-electron chi connectivity index (χ3n) is 3.01. The summed E-state index contributed by atoms with van der Waals surface area (Å²) in [4.78, 5) is 13.6. The van der Waals surface area contributed by atoms with E-state index in [-0.39, 0.29) is 12.5 Å². The van der Waals surface area contributed by atoms with E-state index in [0.29, 0.717) is 19.6 Å². The predicted molar refractivity (Wildman–Crippen MR) is 56.8 cm³/mol. The number of hydrogen-bond donors (Lipinski definition) is 2. The number of alkyl halides is 3. The third-order valence-corrected chi connectivity index (χ3v) is 3.01. The van der Waals surface area contributed by atoms with Crippen molar-refractivity contribution in [3.05, 3.63) is 0 Å². The molecule has 2 N–H and O–H groups in total. The van der Waals surface area contributed by atoms with E-state index in [0.717, 1.165) is 13.0 Å². The number of nitrogens with zero attached hydrogens (tertiary/aromatic N) is 1. The van der Waals surface area contributed by atoms with Gasteiger partial charge in [-0.3, -0.25) is 10.1 Å². The van der Waals surface area contributed by atoms with Gasteiger partial charge in [0.2, 0.25) is 6.23 Å². The van der Waals surface area contributed by atoms with Crippen molar-refractivity contribution in [1.29, 1.82) is 0 Å². The van der Waals surface area contributed by atoms with Crippen molar-refractivity contribution < 1.29 is 22.7 Å². The molecule has 2 rings (SSSR count). The minimum Gasteiger partial charge on any atom is -0.339 e. The second-order valence-corrected chi connectivity index (χ2v) is 4.38. The van der Waals surface area contributed by atoms with Crippen molar-refractivity contribution in [3.63, 3.8) is 0 Å². The van der Waals surface area contributed by atoms with E-state index in [1.54, 1.807) is 4.90 Å². The Bertz CT molecular complexity index is 303. The quantitative estimate of drug-likeness (QED) is 0.684. The van der Waals surface area contributed by atoms with E-state index in [4.69, 9.17) is 4.74 Å². The van der Waals surface area contributed by atoms with Crippen LogP contribution in [0.15, 0.2) is 0 Å². The van der Waals surface area contributed by atoms with Crippen LogP contribution in [0.4, 0.5) is 13.2 Å². The fourth-order valence-corrected chi connectivity index (χ4v) is 2.08. The Labute approximate surface area is 103 Å². The van der Waals surface area contributed by atoms with Crippen LogP contribution < -0.4 is 10.6 Å². The Hall–Kier alpha value is -0.860. The van der Waals surface area contributed by atoms with E-state index in [1.165, 1.54) is 0 Å². The zero-order valence-electron chi connectivity index (χ0n) is 9.79. The molecule has 2 fully saturated rings. The van der Waals surface area contributed by atoms with Crippen molar-refractivity contribution in [2.45, 2.75) is 24.9 Å². The molecule has 0 aromatic rings. The Morgan fingerprint density at radius 1 is 1.28 bits per heavy atom. The van der Waals surface area contributed by atoms with Gasteiger partial charge in [-0.1, -0.05) is 0 Å². The molecular formula is C10H16F3N3O2. The summed E-state index contributed by atoms with van der Waals surface area (Å²) in [7, 11) is 0. The first-order chi connectivity index (χ1) is 8.48. The standard InChI is InChI=1S/C10H16F3N3O2/c11-10(12,13)9-15-6-7(18-9)8(17)16-4-1-2-14-3-5-16/h7,9,14-15H,1-6H2/t7-,9+/m0/s1. The predicted octanol–water partition coefficient (Wildman–Crippen LogP) is -0.315. The molecule has 5 nitrogen and oxygen atoms in total. The molecule has 2 aliphatic heterocycles. The maximum absolute atomic E-state index is 12.4. The molecule has 2 saturated heterocycles. The first kappa shape index (κ1) is 13.6. The fraction of sp³-hybridized carbons (Fsp3) is 0.900. The van der Waals surface area contributed by atoms with Crippen LogP contribution in [0, 0.1) is 0 Å². The van der Waals surface area contributed by atoms with Crippen LogP contribution in [0.1, 0.15) is 6.42 Å². The maximum Gasteiger partial charge on any atom is 0.428 e. The van der Waals surface area contributed by atoms with Crippen LogP contribution in [0.25, 0.3) is 0 Å². The summed E-state index contributed by atoms with van der Waals surface area (Å²) < 4.78 is 41.9. The number of amides is 1. The van der Waals surface area contributed by atoms with E-state index in [1.807, 2.05) is 0 Å². The summed E-state index contributed by atoms with van der Waals surface area (Å²) in [5, 5.41) is 5.30. The van der Waals surface area contributed by atoms with Crippen molar-refractivity contribution in [2.75, 3.05) is 32.7 Å². The largest absolute Gasteiger partial charge is 0.428 e. The lowest BCUT2D eigenvalue weighted by Crippen LogP contribution is -2.42. The monoisotopic (exact) mass is 267 g/mol. The van der Waals surface area contributed by atoms with E-state index in [9.17, 15) is 18.0 Å². The first-order valence-corrected chi connectivity index (χ1v) is 5.93. The van der Waals surface area contributed by atoms with Gasteiger partial charge in [0.15, 0.2) is 6.10 Å². The SMILES string of the molecule is O=C([C@@H]1CN[C@@H](C(F)(F)F)O1)N1CCCNCC1. The highest BCUT2D eigenvalue weighted by molar-refractivity contribution is 5.81. The Balaban J connectivity index is 1.90. The van der Waals surface area contributed by atoms with Gasteiger partial charge in [-0.2, -0.15) is 13.2 Å². The second-order valence-electron chi connectivity index (χ2n) is 4.38. The Morgan fingerprint density at radius 2 is 2.06 bits per heavy atom. The molecule has 0 aliphatic carbocycles. The number of hydrogen-bond acceptors (Lipinski definition) is 4. The third kappa shape index (κ3) is 3.12. The summed E-state index contributed by atoms with van der Waals surface area (Å²) in [6.45, 7) is 2.46. The molecule has 0 unspecified atom stereocenters. The molecule has 0 aromatic heterocycles. The molecule has 1 amide bonds. The zero-order chi connectivity index (χ0) is 13.2. The maximum atomic E-state index is 12.4. The number of carbonyl (C=O) groups excluding carboxylic acids is 1. The number of halogens is 3. The highest BCUT2D eigenvalue weighted by Crippen LogP contribution is 2.25. The van der Waals surface area contributed by atoms with Crippen LogP contribution in [-0.4, -0.2) is 62.0 Å². The fourth-order valence-electron chi connectivity index (χ4n) is 2.08. The molecule has 0 spiro atoms. The average Bonchev–Trinajstić information content (AvgIpc) is 2.65. The van der Waals surface area contributed by atoms with Crippen LogP contribution in [-0.2, 0) is 9.53 Å². The molecule has 18 heavy (non-hydrogen) atoms. The molecule has 2 atom stereocenters. The van der Waals surface area contributed by atoms with E-state index >= 15 is 0 Å². The summed E-state index contributed by atoms with van der Waals surface area (Å²) in [5.74, 6) is -0.363. The second kappa shape index (κ2) is 5.41. The summed E-state index contributed by atoms with van der Waals surface area (Å²) in [6.07, 6.45) is -6.74. The number of carbonyl (C=O) groups is 1. The van der Waals surface area contributed by atoms with E-state index in [2.05, 4.69) is 10.6 Å². The number of nitrogens with one attached hydrogen (secondary N) is 2. The van der Waals surface area contributed by atoms with Gasteiger partial charge in [-0.15, -0.1) is 0 Å². The van der Waals surface area contributed by atoms with Crippen LogP contribution in [0.3, 0.4) is 0 Å². The summed E-state index contributed by atoms with van der Waals surface area (Å²) in [6, 6.07) is 0. The van der Waals surface area contributed by atoms with E-state index < -0.39 is 18.5 Å². The molecule has 0 aromatic carbocycles. The first-order valence-electron chi connectivity index (χ1n) is 5.93. The lowest BCUT2D eigenvalue weighted by molar-refractivity contribution is -0.221. The van der Waals surface area contributed by atoms with Gasteiger partial charge in [0.1, 0.15) is 0 Å². The number of ether oxygens (including phenoxy) is 1. The van der Waals surface area contributed by atoms with Crippen molar-refractivity contribution in [3.8, 4) is 0 Å². The van der Waals surface area contributed by atoms with Gasteiger partial charge in [0, 0.05) is 26.2 Å².